The Morgan fingerprint density at radius 1 is 1.37 bits per heavy atom. The average Bonchev–Trinajstić information content (AvgIpc) is 2.71. The van der Waals surface area contributed by atoms with Crippen molar-refractivity contribution in [3.63, 3.8) is 0 Å². The standard InChI is InChI=1S/C19H23N5O3/c1-26-17-8-16(22-13-23-17)24-11-19(12-24)5-2-14(10-27-19)9-21-18(25)15-3-6-20-7-4-15/h3-4,6-8,13-14H,2,5,9-12H2,1H3,(H,21,25)/t14-/m0/s1. The predicted octanol–water partition coefficient (Wildman–Crippen LogP) is 1.30. The monoisotopic (exact) mass is 369 g/mol. The zero-order valence-electron chi connectivity index (χ0n) is 15.3. The summed E-state index contributed by atoms with van der Waals surface area (Å²) in [5.41, 5.74) is 0.539. The van der Waals surface area contributed by atoms with Crippen LogP contribution >= 0.6 is 0 Å². The highest BCUT2D eigenvalue weighted by Gasteiger charge is 2.47. The molecule has 2 fully saturated rings. The van der Waals surface area contributed by atoms with Gasteiger partial charge in [-0.3, -0.25) is 9.78 Å². The molecule has 1 amide bonds. The second-order valence-electron chi connectivity index (χ2n) is 7.12. The number of nitrogens with one attached hydrogen (secondary N) is 1. The molecule has 2 aromatic rings. The number of pyridine rings is 1. The first-order valence-corrected chi connectivity index (χ1v) is 9.11. The molecular weight excluding hydrogens is 346 g/mol. The Hall–Kier alpha value is -2.74. The summed E-state index contributed by atoms with van der Waals surface area (Å²) in [6, 6.07) is 5.27. The first-order valence-electron chi connectivity index (χ1n) is 9.11. The quantitative estimate of drug-likeness (QED) is 0.849. The summed E-state index contributed by atoms with van der Waals surface area (Å²) in [5, 5.41) is 2.99. The van der Waals surface area contributed by atoms with Gasteiger partial charge in [0.15, 0.2) is 0 Å². The van der Waals surface area contributed by atoms with Crippen molar-refractivity contribution in [2.75, 3.05) is 38.3 Å². The van der Waals surface area contributed by atoms with Crippen molar-refractivity contribution in [2.24, 2.45) is 5.92 Å². The molecule has 0 saturated carbocycles. The molecule has 4 rings (SSSR count). The Morgan fingerprint density at radius 2 is 2.19 bits per heavy atom. The lowest BCUT2D eigenvalue weighted by Gasteiger charge is -2.53. The second-order valence-corrected chi connectivity index (χ2v) is 7.12. The molecule has 1 N–H and O–H groups in total. The van der Waals surface area contributed by atoms with Crippen molar-refractivity contribution in [1.29, 1.82) is 0 Å². The molecule has 1 spiro atoms. The summed E-state index contributed by atoms with van der Waals surface area (Å²) in [6.45, 7) is 2.94. The molecule has 0 radical (unpaired) electrons. The lowest BCUT2D eigenvalue weighted by atomic mass is 9.83. The minimum atomic E-state index is -0.0935. The molecule has 4 heterocycles. The van der Waals surface area contributed by atoms with Gasteiger partial charge in [0.1, 0.15) is 17.7 Å². The Morgan fingerprint density at radius 3 is 2.89 bits per heavy atom. The van der Waals surface area contributed by atoms with Gasteiger partial charge in [-0.15, -0.1) is 0 Å². The molecule has 2 saturated heterocycles. The number of amides is 1. The fourth-order valence-electron chi connectivity index (χ4n) is 3.60. The van der Waals surface area contributed by atoms with Crippen LogP contribution in [0.1, 0.15) is 23.2 Å². The number of hydrogen-bond donors (Lipinski definition) is 1. The van der Waals surface area contributed by atoms with E-state index in [9.17, 15) is 4.79 Å². The van der Waals surface area contributed by atoms with E-state index in [0.29, 0.717) is 30.5 Å². The van der Waals surface area contributed by atoms with Crippen molar-refractivity contribution >= 4 is 11.7 Å². The topological polar surface area (TPSA) is 89.5 Å². The van der Waals surface area contributed by atoms with Gasteiger partial charge in [-0.1, -0.05) is 0 Å². The summed E-state index contributed by atoms with van der Waals surface area (Å²) >= 11 is 0. The number of carbonyl (C=O) groups excluding carboxylic acids is 1. The highest BCUT2D eigenvalue weighted by molar-refractivity contribution is 5.93. The minimum absolute atomic E-state index is 0.0646. The third kappa shape index (κ3) is 3.85. The SMILES string of the molecule is COc1cc(N2CC3(CC[C@@H](CNC(=O)c4ccncc4)CO3)C2)ncn1. The normalized spacial score (nSPS) is 20.8. The van der Waals surface area contributed by atoms with Gasteiger partial charge in [-0.05, 0) is 30.9 Å². The zero-order chi connectivity index (χ0) is 18.7. The number of nitrogens with zero attached hydrogens (tertiary/aromatic N) is 4. The molecule has 0 aromatic carbocycles. The molecule has 2 aliphatic heterocycles. The van der Waals surface area contributed by atoms with Gasteiger partial charge in [0.05, 0.1) is 26.8 Å². The second kappa shape index (κ2) is 7.48. The summed E-state index contributed by atoms with van der Waals surface area (Å²) in [5.74, 6) is 1.71. The summed E-state index contributed by atoms with van der Waals surface area (Å²) < 4.78 is 11.3. The molecule has 1 atom stereocenters. The van der Waals surface area contributed by atoms with Crippen LogP contribution in [0, 0.1) is 5.92 Å². The van der Waals surface area contributed by atoms with E-state index in [1.165, 1.54) is 6.33 Å². The Labute approximate surface area is 157 Å². The van der Waals surface area contributed by atoms with Gasteiger partial charge in [0.25, 0.3) is 5.91 Å². The number of aromatic nitrogens is 3. The van der Waals surface area contributed by atoms with E-state index in [-0.39, 0.29) is 11.5 Å². The van der Waals surface area contributed by atoms with Crippen LogP contribution in [-0.2, 0) is 4.74 Å². The van der Waals surface area contributed by atoms with Gasteiger partial charge in [0, 0.05) is 30.6 Å². The van der Waals surface area contributed by atoms with E-state index in [2.05, 4.69) is 25.2 Å². The first-order chi connectivity index (χ1) is 13.2. The van der Waals surface area contributed by atoms with Gasteiger partial charge in [0.2, 0.25) is 5.88 Å². The van der Waals surface area contributed by atoms with Crippen molar-refractivity contribution in [2.45, 2.75) is 18.4 Å². The fourth-order valence-corrected chi connectivity index (χ4v) is 3.60. The maximum absolute atomic E-state index is 12.1. The molecule has 142 valence electrons. The number of rotatable bonds is 5. The fraction of sp³-hybridized carbons (Fsp3) is 0.474. The molecule has 0 aliphatic carbocycles. The molecule has 8 nitrogen and oxygen atoms in total. The van der Waals surface area contributed by atoms with Crippen molar-refractivity contribution in [3.05, 3.63) is 42.5 Å². The molecular formula is C19H23N5O3. The maximum atomic E-state index is 12.1. The number of carbonyl (C=O) groups is 1. The van der Waals surface area contributed by atoms with Gasteiger partial charge < -0.3 is 19.7 Å². The summed E-state index contributed by atoms with van der Waals surface area (Å²) in [7, 11) is 1.60. The van der Waals surface area contributed by atoms with E-state index >= 15 is 0 Å². The van der Waals surface area contributed by atoms with Gasteiger partial charge >= 0.3 is 0 Å². The van der Waals surface area contributed by atoms with Crippen molar-refractivity contribution in [3.8, 4) is 5.88 Å². The average molecular weight is 369 g/mol. The molecule has 2 aromatic heterocycles. The Kier molecular flexibility index (Phi) is 4.89. The number of methoxy groups -OCH3 is 1. The molecule has 27 heavy (non-hydrogen) atoms. The van der Waals surface area contributed by atoms with E-state index in [1.807, 2.05) is 6.07 Å². The van der Waals surface area contributed by atoms with E-state index in [4.69, 9.17) is 9.47 Å². The largest absolute Gasteiger partial charge is 0.481 e. The van der Waals surface area contributed by atoms with Crippen LogP contribution in [-0.4, -0.2) is 59.8 Å². The highest BCUT2D eigenvalue weighted by atomic mass is 16.5. The summed E-state index contributed by atoms with van der Waals surface area (Å²) in [6.07, 6.45) is 6.79. The number of hydrogen-bond acceptors (Lipinski definition) is 7. The molecule has 2 aliphatic rings. The zero-order valence-corrected chi connectivity index (χ0v) is 15.3. The van der Waals surface area contributed by atoms with Crippen LogP contribution in [0.3, 0.4) is 0 Å². The molecule has 0 bridgehead atoms. The van der Waals surface area contributed by atoms with E-state index in [0.717, 1.165) is 31.7 Å². The molecule has 8 heteroatoms. The lowest BCUT2D eigenvalue weighted by molar-refractivity contribution is -0.115. The minimum Gasteiger partial charge on any atom is -0.481 e. The third-order valence-electron chi connectivity index (χ3n) is 5.25. The highest BCUT2D eigenvalue weighted by Crippen LogP contribution is 2.38. The van der Waals surface area contributed by atoms with E-state index in [1.54, 1.807) is 31.6 Å². The van der Waals surface area contributed by atoms with Gasteiger partial charge in [-0.2, -0.15) is 0 Å². The number of ether oxygens (including phenoxy) is 2. The number of anilines is 1. The predicted molar refractivity (Wildman–Crippen MR) is 98.8 cm³/mol. The first kappa shape index (κ1) is 17.7. The smallest absolute Gasteiger partial charge is 0.251 e. The van der Waals surface area contributed by atoms with Crippen LogP contribution in [0.25, 0.3) is 0 Å². The van der Waals surface area contributed by atoms with Crippen LogP contribution in [0.4, 0.5) is 5.82 Å². The van der Waals surface area contributed by atoms with E-state index < -0.39 is 0 Å². The summed E-state index contributed by atoms with van der Waals surface area (Å²) in [4.78, 5) is 26.6. The third-order valence-corrected chi connectivity index (χ3v) is 5.25. The molecule has 0 unspecified atom stereocenters. The van der Waals surface area contributed by atoms with Crippen LogP contribution in [0.5, 0.6) is 5.88 Å². The maximum Gasteiger partial charge on any atom is 0.251 e. The Bertz CT molecular complexity index is 785. The van der Waals surface area contributed by atoms with Crippen LogP contribution < -0.4 is 15.0 Å². The van der Waals surface area contributed by atoms with Crippen molar-refractivity contribution in [1.82, 2.24) is 20.3 Å². The van der Waals surface area contributed by atoms with Crippen LogP contribution in [0.2, 0.25) is 0 Å². The van der Waals surface area contributed by atoms with Gasteiger partial charge in [-0.25, -0.2) is 9.97 Å². The van der Waals surface area contributed by atoms with Crippen molar-refractivity contribution < 1.29 is 14.3 Å². The lowest BCUT2D eigenvalue weighted by Crippen LogP contribution is -2.65. The Balaban J connectivity index is 1.23. The van der Waals surface area contributed by atoms with Crippen LogP contribution in [0.15, 0.2) is 36.9 Å².